The van der Waals surface area contributed by atoms with E-state index < -0.39 is 0 Å². The van der Waals surface area contributed by atoms with Crippen molar-refractivity contribution in [3.63, 3.8) is 0 Å². The zero-order chi connectivity index (χ0) is 27.5. The van der Waals surface area contributed by atoms with Gasteiger partial charge in [0.25, 0.3) is 5.91 Å². The molecular weight excluding hydrogens is 508 g/mol. The topological polar surface area (TPSA) is 126 Å². The molecule has 10 heteroatoms. The fraction of sp³-hybridized carbons (Fsp3) is 0.300. The van der Waals surface area contributed by atoms with Gasteiger partial charge >= 0.3 is 0 Å². The molecule has 0 radical (unpaired) electrons. The summed E-state index contributed by atoms with van der Waals surface area (Å²) in [6.45, 7) is 1.82. The Labute approximate surface area is 230 Å². The quantitative estimate of drug-likeness (QED) is 0.364. The Hall–Kier alpha value is -4.57. The molecule has 1 aliphatic carbocycles. The molecule has 4 aromatic rings. The number of aliphatic hydroxyl groups is 1. The molecule has 4 aromatic heterocycles. The van der Waals surface area contributed by atoms with E-state index in [4.69, 9.17) is 4.42 Å². The number of aromatic nitrogens is 4. The monoisotopic (exact) mass is 538 g/mol. The molecule has 2 aliphatic rings. The number of nitrogens with one attached hydrogen (secondary N) is 1. The van der Waals surface area contributed by atoms with E-state index >= 15 is 0 Å². The van der Waals surface area contributed by atoms with Crippen LogP contribution in [0.25, 0.3) is 28.3 Å². The fourth-order valence-electron chi connectivity index (χ4n) is 5.33. The van der Waals surface area contributed by atoms with Crippen molar-refractivity contribution in [2.45, 2.75) is 32.2 Å². The van der Waals surface area contributed by atoms with Gasteiger partial charge in [0, 0.05) is 49.9 Å². The third-order valence-corrected chi connectivity index (χ3v) is 7.53. The highest BCUT2D eigenvalue weighted by Gasteiger charge is 2.25. The minimum atomic E-state index is -0.342. The SMILES string of the molecule is O=C(NCc1c(-c2ncco2)n(C2=CCCC=C2)c2ncccc2c1=O)c1ccc(N2CCC(CO)CC2)nc1. The van der Waals surface area contributed by atoms with Crippen molar-refractivity contribution in [2.24, 2.45) is 5.92 Å². The number of pyridine rings is 3. The Bertz CT molecular complexity index is 1630. The summed E-state index contributed by atoms with van der Waals surface area (Å²) in [5, 5.41) is 12.7. The first-order valence-corrected chi connectivity index (χ1v) is 13.5. The van der Waals surface area contributed by atoms with Crippen LogP contribution in [-0.4, -0.2) is 50.2 Å². The number of nitrogens with zero attached hydrogens (tertiary/aromatic N) is 5. The number of rotatable bonds is 7. The minimum absolute atomic E-state index is 0.0341. The summed E-state index contributed by atoms with van der Waals surface area (Å²) >= 11 is 0. The molecule has 0 aromatic carbocycles. The lowest BCUT2D eigenvalue weighted by Crippen LogP contribution is -2.35. The fourth-order valence-corrected chi connectivity index (χ4v) is 5.33. The summed E-state index contributed by atoms with van der Waals surface area (Å²) in [6, 6.07) is 7.05. The van der Waals surface area contributed by atoms with Crippen molar-refractivity contribution in [1.82, 2.24) is 24.8 Å². The summed E-state index contributed by atoms with van der Waals surface area (Å²) in [4.78, 5) is 42.5. The lowest BCUT2D eigenvalue weighted by molar-refractivity contribution is 0.0950. The maximum absolute atomic E-state index is 13.7. The zero-order valence-electron chi connectivity index (χ0n) is 22.0. The molecule has 2 N–H and O–H groups in total. The average molecular weight is 539 g/mol. The highest BCUT2D eigenvalue weighted by atomic mass is 16.3. The molecule has 10 nitrogen and oxygen atoms in total. The van der Waals surface area contributed by atoms with Crippen LogP contribution in [0.3, 0.4) is 0 Å². The Morgan fingerprint density at radius 1 is 1.10 bits per heavy atom. The van der Waals surface area contributed by atoms with E-state index in [-0.39, 0.29) is 30.4 Å². The van der Waals surface area contributed by atoms with Crippen LogP contribution in [-0.2, 0) is 6.54 Å². The predicted molar refractivity (Wildman–Crippen MR) is 152 cm³/mol. The summed E-state index contributed by atoms with van der Waals surface area (Å²) in [5.74, 6) is 1.07. The van der Waals surface area contributed by atoms with Crippen molar-refractivity contribution < 1.29 is 14.3 Å². The summed E-state index contributed by atoms with van der Waals surface area (Å²) < 4.78 is 7.57. The van der Waals surface area contributed by atoms with E-state index in [0.717, 1.165) is 50.3 Å². The molecule has 5 heterocycles. The van der Waals surface area contributed by atoms with Crippen molar-refractivity contribution in [3.8, 4) is 11.6 Å². The van der Waals surface area contributed by atoms with Crippen LogP contribution in [0.4, 0.5) is 5.82 Å². The van der Waals surface area contributed by atoms with Gasteiger partial charge in [-0.2, -0.15) is 0 Å². The zero-order valence-corrected chi connectivity index (χ0v) is 22.0. The van der Waals surface area contributed by atoms with Crippen LogP contribution >= 0.6 is 0 Å². The summed E-state index contributed by atoms with van der Waals surface area (Å²) in [5.41, 5.74) is 2.32. The van der Waals surface area contributed by atoms with E-state index in [9.17, 15) is 14.7 Å². The molecule has 0 atom stereocenters. The number of hydrogen-bond acceptors (Lipinski definition) is 8. The van der Waals surface area contributed by atoms with Gasteiger partial charge in [-0.1, -0.05) is 12.2 Å². The second-order valence-corrected chi connectivity index (χ2v) is 10.0. The van der Waals surface area contributed by atoms with Crippen LogP contribution in [0.15, 0.2) is 76.6 Å². The maximum atomic E-state index is 13.7. The van der Waals surface area contributed by atoms with Crippen molar-refractivity contribution >= 4 is 28.5 Å². The van der Waals surface area contributed by atoms with Crippen LogP contribution in [0.2, 0.25) is 0 Å². The minimum Gasteiger partial charge on any atom is -0.443 e. The largest absolute Gasteiger partial charge is 0.443 e. The number of carbonyl (C=O) groups excluding carboxylic acids is 1. The van der Waals surface area contributed by atoms with E-state index in [1.807, 2.05) is 16.7 Å². The number of oxazole rings is 1. The molecule has 1 amide bonds. The molecule has 0 unspecified atom stereocenters. The van der Waals surface area contributed by atoms with Gasteiger partial charge < -0.3 is 19.7 Å². The van der Waals surface area contributed by atoms with Gasteiger partial charge in [-0.25, -0.2) is 15.0 Å². The van der Waals surface area contributed by atoms with Gasteiger partial charge in [0.1, 0.15) is 23.4 Å². The Kier molecular flexibility index (Phi) is 7.24. The predicted octanol–water partition coefficient (Wildman–Crippen LogP) is 3.78. The first-order valence-electron chi connectivity index (χ1n) is 13.5. The molecule has 204 valence electrons. The van der Waals surface area contributed by atoms with E-state index in [0.29, 0.717) is 33.8 Å². The number of fused-ring (bicyclic) bond motifs is 1. The normalized spacial score (nSPS) is 15.8. The van der Waals surface area contributed by atoms with Crippen LogP contribution < -0.4 is 15.6 Å². The van der Waals surface area contributed by atoms with Crippen LogP contribution in [0.1, 0.15) is 41.6 Å². The molecule has 1 fully saturated rings. The third kappa shape index (κ3) is 4.93. The summed E-state index contributed by atoms with van der Waals surface area (Å²) in [6.07, 6.45) is 16.0. The molecule has 40 heavy (non-hydrogen) atoms. The summed E-state index contributed by atoms with van der Waals surface area (Å²) in [7, 11) is 0. The number of anilines is 1. The Balaban J connectivity index is 1.31. The Morgan fingerprint density at radius 3 is 2.67 bits per heavy atom. The second kappa shape index (κ2) is 11.3. The lowest BCUT2D eigenvalue weighted by atomic mass is 9.98. The molecule has 0 saturated carbocycles. The molecular formula is C30H30N6O4. The molecule has 1 aliphatic heterocycles. The molecule has 6 rings (SSSR count). The lowest BCUT2D eigenvalue weighted by Gasteiger charge is -2.31. The van der Waals surface area contributed by atoms with Crippen LogP contribution in [0, 0.1) is 5.92 Å². The number of carbonyl (C=O) groups is 1. The highest BCUT2D eigenvalue weighted by Crippen LogP contribution is 2.30. The number of hydrogen-bond donors (Lipinski definition) is 2. The van der Waals surface area contributed by atoms with Crippen molar-refractivity contribution in [3.05, 3.63) is 88.7 Å². The first kappa shape index (κ1) is 25.7. The average Bonchev–Trinajstić information content (AvgIpc) is 3.56. The molecule has 1 saturated heterocycles. The van der Waals surface area contributed by atoms with E-state index in [1.165, 1.54) is 12.5 Å². The van der Waals surface area contributed by atoms with Gasteiger partial charge in [0.2, 0.25) is 5.89 Å². The van der Waals surface area contributed by atoms with Gasteiger partial charge in [-0.05, 0) is 61.9 Å². The van der Waals surface area contributed by atoms with Gasteiger partial charge in [-0.15, -0.1) is 0 Å². The standard InChI is InChI=1S/C30H30N6O4/c37-19-20-10-14-35(15-11-20)25-9-8-21(17-33-25)29(39)34-18-24-26(30-32-13-16-40-30)36(22-5-2-1-3-6-22)28-23(27(24)38)7-4-12-31-28/h2,4-9,12-13,16-17,20,37H,1,3,10-11,14-15,18-19H2,(H,34,39). The van der Waals surface area contributed by atoms with Gasteiger partial charge in [0.05, 0.1) is 17.1 Å². The van der Waals surface area contributed by atoms with Gasteiger partial charge in [-0.3, -0.25) is 14.2 Å². The molecule has 0 bridgehead atoms. The highest BCUT2D eigenvalue weighted by molar-refractivity contribution is 5.94. The maximum Gasteiger partial charge on any atom is 0.253 e. The number of piperidine rings is 1. The van der Waals surface area contributed by atoms with Crippen LogP contribution in [0.5, 0.6) is 0 Å². The number of amides is 1. The smallest absolute Gasteiger partial charge is 0.253 e. The van der Waals surface area contributed by atoms with Crippen molar-refractivity contribution in [2.75, 3.05) is 24.6 Å². The first-order chi connectivity index (χ1) is 19.6. The second-order valence-electron chi connectivity index (χ2n) is 10.0. The van der Waals surface area contributed by atoms with E-state index in [1.54, 1.807) is 30.6 Å². The number of aliphatic hydroxyl groups excluding tert-OH is 1. The third-order valence-electron chi connectivity index (χ3n) is 7.53. The number of allylic oxidation sites excluding steroid dienone is 4. The van der Waals surface area contributed by atoms with Gasteiger partial charge in [0.15, 0.2) is 5.43 Å². The van der Waals surface area contributed by atoms with E-state index in [2.05, 4.69) is 37.3 Å². The Morgan fingerprint density at radius 2 is 1.98 bits per heavy atom. The van der Waals surface area contributed by atoms with Crippen molar-refractivity contribution in [1.29, 1.82) is 0 Å². The molecule has 0 spiro atoms.